The van der Waals surface area contributed by atoms with Gasteiger partial charge in [-0.15, -0.1) is 17.8 Å². The lowest BCUT2D eigenvalue weighted by molar-refractivity contribution is 0.0186. The summed E-state index contributed by atoms with van der Waals surface area (Å²) in [4.78, 5) is 8.50. The van der Waals surface area contributed by atoms with E-state index in [2.05, 4.69) is 39.0 Å². The van der Waals surface area contributed by atoms with Crippen LogP contribution < -0.4 is 10.6 Å². The van der Waals surface area contributed by atoms with E-state index < -0.39 is 0 Å². The number of nitrogens with one attached hydrogen (secondary N) is 2. The van der Waals surface area contributed by atoms with Crippen LogP contribution in [-0.4, -0.2) is 56.8 Å². The van der Waals surface area contributed by atoms with Crippen LogP contribution in [0.1, 0.15) is 17.8 Å². The number of guanidine groups is 1. The molecule has 0 amide bonds. The Balaban J connectivity index is 2.06. The van der Waals surface area contributed by atoms with E-state index in [9.17, 15) is 0 Å². The van der Waals surface area contributed by atoms with Gasteiger partial charge in [-0.2, -0.15) is 0 Å². The van der Waals surface area contributed by atoms with E-state index in [1.807, 2.05) is 6.92 Å². The van der Waals surface area contributed by atoms with Crippen molar-refractivity contribution in [3.63, 3.8) is 0 Å². The highest BCUT2D eigenvalue weighted by Crippen LogP contribution is 2.26. The van der Waals surface area contributed by atoms with Crippen LogP contribution >= 0.6 is 11.3 Å². The third-order valence-electron chi connectivity index (χ3n) is 3.48. The molecule has 1 aromatic heterocycles. The van der Waals surface area contributed by atoms with Crippen LogP contribution in [-0.2, 0) is 4.74 Å². The van der Waals surface area contributed by atoms with Crippen molar-refractivity contribution in [2.45, 2.75) is 13.0 Å². The fourth-order valence-electron chi connectivity index (χ4n) is 2.41. The molecule has 1 fully saturated rings. The Kier molecular flexibility index (Phi) is 7.23. The Hall–Kier alpha value is -1.55. The van der Waals surface area contributed by atoms with Gasteiger partial charge in [0.15, 0.2) is 5.96 Å². The highest BCUT2D eigenvalue weighted by Gasteiger charge is 2.23. The summed E-state index contributed by atoms with van der Waals surface area (Å²) in [7, 11) is 0. The molecule has 0 saturated carbocycles. The summed E-state index contributed by atoms with van der Waals surface area (Å²) in [6, 6.07) is 4.58. The molecule has 1 aliphatic rings. The Morgan fingerprint density at radius 2 is 2.32 bits per heavy atom. The lowest BCUT2D eigenvalue weighted by Gasteiger charge is -2.33. The topological polar surface area (TPSA) is 48.9 Å². The molecule has 0 bridgehead atoms. The van der Waals surface area contributed by atoms with Gasteiger partial charge in [0.2, 0.25) is 0 Å². The van der Waals surface area contributed by atoms with Crippen molar-refractivity contribution >= 4 is 17.3 Å². The summed E-state index contributed by atoms with van der Waals surface area (Å²) in [6.07, 6.45) is 5.31. The standard InChI is InChI=1S/C16H24N4OS/c1-3-7-18-16(17-4-2)19-13-14(15-6-5-12-22-15)20-8-10-21-11-9-20/h1,5-6,12,14H,4,7-11,13H2,2H3,(H2,17,18,19). The van der Waals surface area contributed by atoms with Crippen molar-refractivity contribution in [1.29, 1.82) is 0 Å². The Labute approximate surface area is 136 Å². The predicted octanol–water partition coefficient (Wildman–Crippen LogP) is 1.31. The van der Waals surface area contributed by atoms with Gasteiger partial charge in [0, 0.05) is 24.5 Å². The summed E-state index contributed by atoms with van der Waals surface area (Å²) in [5.41, 5.74) is 0. The smallest absolute Gasteiger partial charge is 0.192 e. The summed E-state index contributed by atoms with van der Waals surface area (Å²) < 4.78 is 5.46. The van der Waals surface area contributed by atoms with Gasteiger partial charge in [-0.05, 0) is 18.4 Å². The monoisotopic (exact) mass is 320 g/mol. The molecule has 1 aliphatic heterocycles. The molecule has 6 heteroatoms. The van der Waals surface area contributed by atoms with Crippen LogP contribution in [0.2, 0.25) is 0 Å². The van der Waals surface area contributed by atoms with Gasteiger partial charge in [0.05, 0.1) is 32.3 Å². The minimum Gasteiger partial charge on any atom is -0.379 e. The SMILES string of the molecule is C#CCNC(=NCC(c1cccs1)N1CCOCC1)NCC. The number of hydrogen-bond acceptors (Lipinski definition) is 4. The van der Waals surface area contributed by atoms with Gasteiger partial charge >= 0.3 is 0 Å². The van der Waals surface area contributed by atoms with Crippen LogP contribution in [0.25, 0.3) is 0 Å². The van der Waals surface area contributed by atoms with Gasteiger partial charge in [-0.1, -0.05) is 12.0 Å². The van der Waals surface area contributed by atoms with Gasteiger partial charge < -0.3 is 15.4 Å². The largest absolute Gasteiger partial charge is 0.379 e. The quantitative estimate of drug-likeness (QED) is 0.471. The zero-order chi connectivity index (χ0) is 15.6. The number of morpholine rings is 1. The third kappa shape index (κ3) is 5.02. The number of terminal acetylenes is 1. The molecule has 1 atom stereocenters. The molecule has 2 N–H and O–H groups in total. The number of ether oxygens (including phenoxy) is 1. The van der Waals surface area contributed by atoms with Crippen LogP contribution in [0.15, 0.2) is 22.5 Å². The maximum absolute atomic E-state index is 5.46. The van der Waals surface area contributed by atoms with Crippen LogP contribution in [0.4, 0.5) is 0 Å². The van der Waals surface area contributed by atoms with Crippen LogP contribution in [0, 0.1) is 12.3 Å². The first kappa shape index (κ1) is 16.8. The average molecular weight is 320 g/mol. The third-order valence-corrected chi connectivity index (χ3v) is 4.46. The van der Waals surface area contributed by atoms with Crippen molar-refractivity contribution in [3.05, 3.63) is 22.4 Å². The second-order valence-corrected chi connectivity index (χ2v) is 5.94. The highest BCUT2D eigenvalue weighted by atomic mass is 32.1. The Morgan fingerprint density at radius 1 is 1.50 bits per heavy atom. The van der Waals surface area contributed by atoms with E-state index in [0.29, 0.717) is 19.1 Å². The fraction of sp³-hybridized carbons (Fsp3) is 0.562. The minimum absolute atomic E-state index is 0.296. The molecule has 2 rings (SSSR count). The van der Waals surface area contributed by atoms with Gasteiger partial charge in [-0.3, -0.25) is 9.89 Å². The number of thiophene rings is 1. The maximum atomic E-state index is 5.46. The second kappa shape index (κ2) is 9.46. The molecule has 120 valence electrons. The van der Waals surface area contributed by atoms with E-state index in [-0.39, 0.29) is 0 Å². The van der Waals surface area contributed by atoms with E-state index in [1.165, 1.54) is 4.88 Å². The lowest BCUT2D eigenvalue weighted by Crippen LogP contribution is -2.41. The minimum atomic E-state index is 0.296. The van der Waals surface area contributed by atoms with Gasteiger partial charge in [0.1, 0.15) is 0 Å². The van der Waals surface area contributed by atoms with Crippen molar-refractivity contribution < 1.29 is 4.74 Å². The lowest BCUT2D eigenvalue weighted by atomic mass is 10.2. The van der Waals surface area contributed by atoms with E-state index >= 15 is 0 Å². The highest BCUT2D eigenvalue weighted by molar-refractivity contribution is 7.10. The van der Waals surface area contributed by atoms with E-state index in [1.54, 1.807) is 11.3 Å². The number of hydrogen-bond donors (Lipinski definition) is 2. The molecule has 1 saturated heterocycles. The molecule has 1 unspecified atom stereocenters. The summed E-state index contributed by atoms with van der Waals surface area (Å²) in [5, 5.41) is 8.48. The first-order chi connectivity index (χ1) is 10.8. The maximum Gasteiger partial charge on any atom is 0.192 e. The molecule has 0 spiro atoms. The molecule has 0 aromatic carbocycles. The van der Waals surface area contributed by atoms with Crippen molar-refractivity contribution in [2.75, 3.05) is 45.9 Å². The predicted molar refractivity (Wildman–Crippen MR) is 92.3 cm³/mol. The molecular formula is C16H24N4OS. The van der Waals surface area contributed by atoms with E-state index in [4.69, 9.17) is 16.2 Å². The Morgan fingerprint density at radius 3 is 2.95 bits per heavy atom. The number of nitrogens with zero attached hydrogens (tertiary/aromatic N) is 2. The fourth-order valence-corrected chi connectivity index (χ4v) is 3.26. The number of aliphatic imine (C=N–C) groups is 1. The first-order valence-corrected chi connectivity index (χ1v) is 8.54. The molecule has 0 aliphatic carbocycles. The van der Waals surface area contributed by atoms with Crippen molar-refractivity contribution in [1.82, 2.24) is 15.5 Å². The second-order valence-electron chi connectivity index (χ2n) is 4.96. The summed E-state index contributed by atoms with van der Waals surface area (Å²) in [5.74, 6) is 3.35. The Bertz CT molecular complexity index is 489. The van der Waals surface area contributed by atoms with Crippen LogP contribution in [0.5, 0.6) is 0 Å². The molecule has 0 radical (unpaired) electrons. The zero-order valence-corrected chi connectivity index (χ0v) is 13.9. The van der Waals surface area contributed by atoms with Crippen molar-refractivity contribution in [3.8, 4) is 12.3 Å². The first-order valence-electron chi connectivity index (χ1n) is 7.66. The average Bonchev–Trinajstić information content (AvgIpc) is 3.08. The van der Waals surface area contributed by atoms with Gasteiger partial charge in [-0.25, -0.2) is 0 Å². The normalized spacial score (nSPS) is 17.7. The molecule has 1 aromatic rings. The zero-order valence-electron chi connectivity index (χ0n) is 13.0. The van der Waals surface area contributed by atoms with Crippen molar-refractivity contribution in [2.24, 2.45) is 4.99 Å². The molecular weight excluding hydrogens is 296 g/mol. The number of rotatable bonds is 6. The molecule has 5 nitrogen and oxygen atoms in total. The summed E-state index contributed by atoms with van der Waals surface area (Å²) >= 11 is 1.78. The molecule has 22 heavy (non-hydrogen) atoms. The van der Waals surface area contributed by atoms with Gasteiger partial charge in [0.25, 0.3) is 0 Å². The van der Waals surface area contributed by atoms with Crippen LogP contribution in [0.3, 0.4) is 0 Å². The summed E-state index contributed by atoms with van der Waals surface area (Å²) in [6.45, 7) is 7.54. The van der Waals surface area contributed by atoms with E-state index in [0.717, 1.165) is 38.8 Å². The molecule has 2 heterocycles.